The van der Waals surface area contributed by atoms with E-state index in [9.17, 15) is 39.6 Å². The zero-order valence-electron chi connectivity index (χ0n) is 27.2. The van der Waals surface area contributed by atoms with Gasteiger partial charge in [0, 0.05) is 28.6 Å². The first-order valence-electron chi connectivity index (χ1n) is 16.1. The number of carboxylic acid groups (broad SMARTS) is 2. The fourth-order valence-electron chi connectivity index (χ4n) is 5.76. The van der Waals surface area contributed by atoms with Gasteiger partial charge in [-0.2, -0.15) is 0 Å². The van der Waals surface area contributed by atoms with Crippen molar-refractivity contribution in [1.29, 1.82) is 0 Å². The van der Waals surface area contributed by atoms with Crippen molar-refractivity contribution in [2.24, 2.45) is 11.7 Å². The van der Waals surface area contributed by atoms with E-state index in [1.807, 2.05) is 6.07 Å². The number of nitrogens with two attached hydrogens (primary N) is 1. The number of carbonyl (C=O) groups excluding carboxylic acids is 2. The molecule has 0 saturated carbocycles. The Balaban J connectivity index is 1.81. The Bertz CT molecular complexity index is 1760. The molecule has 3 atom stereocenters. The Labute approximate surface area is 294 Å². The first-order valence-corrected chi connectivity index (χ1v) is 16.5. The SMILES string of the molecule is NCCCC[C@@H](C(=O)O)N(C(=O)OCc1ccccc1Cl)C(=O)[C@H](CC(Cc1ccccc1)C(=O)O)n1c(O)cc(Cc2ccccc2)c1O. The molecule has 2 amide bonds. The molecule has 0 fully saturated rings. The minimum atomic E-state index is -1.76. The summed E-state index contributed by atoms with van der Waals surface area (Å²) in [7, 11) is 0. The third-order valence-electron chi connectivity index (χ3n) is 8.35. The predicted molar refractivity (Wildman–Crippen MR) is 185 cm³/mol. The highest BCUT2D eigenvalue weighted by Gasteiger charge is 2.43. The van der Waals surface area contributed by atoms with Crippen LogP contribution < -0.4 is 5.73 Å². The summed E-state index contributed by atoms with van der Waals surface area (Å²) in [5.41, 5.74) is 7.64. The van der Waals surface area contributed by atoms with Crippen molar-refractivity contribution in [3.8, 4) is 11.8 Å². The number of imide groups is 1. The zero-order chi connectivity index (χ0) is 36.2. The first kappa shape index (κ1) is 37.5. The standard InChI is InChI=1S/C37H40ClN3O9/c38-29-16-8-7-15-26(29)23-50-37(49)41(30(36(47)48)17-9-10-18-39)34(44)31(21-28(35(45)46)20-25-13-5-2-6-14-25)40-32(42)22-27(33(40)43)19-24-11-3-1-4-12-24/h1-8,11-16,22,28,30-31,42-43H,9-10,17-21,23,39H2,(H,45,46)(H,47,48)/t28?,30-,31-/m0/s1. The molecular formula is C37H40ClN3O9. The molecule has 264 valence electrons. The van der Waals surface area contributed by atoms with Gasteiger partial charge in [0.1, 0.15) is 18.7 Å². The summed E-state index contributed by atoms with van der Waals surface area (Å²) in [6.45, 7) is -0.177. The number of hydrogen-bond donors (Lipinski definition) is 5. The number of hydrogen-bond acceptors (Lipinski definition) is 8. The number of benzene rings is 3. The maximum atomic E-state index is 14.7. The van der Waals surface area contributed by atoms with Gasteiger partial charge in [0.15, 0.2) is 11.8 Å². The highest BCUT2D eigenvalue weighted by molar-refractivity contribution is 6.31. The van der Waals surface area contributed by atoms with E-state index in [4.69, 9.17) is 22.1 Å². The second-order valence-corrected chi connectivity index (χ2v) is 12.3. The Morgan fingerprint density at radius 3 is 2.04 bits per heavy atom. The van der Waals surface area contributed by atoms with Gasteiger partial charge in [-0.25, -0.2) is 14.5 Å². The lowest BCUT2D eigenvalue weighted by Gasteiger charge is -2.32. The summed E-state index contributed by atoms with van der Waals surface area (Å²) in [4.78, 5) is 54.3. The average molecular weight is 706 g/mol. The maximum Gasteiger partial charge on any atom is 0.417 e. The van der Waals surface area contributed by atoms with Gasteiger partial charge in [-0.15, -0.1) is 0 Å². The van der Waals surface area contributed by atoms with Crippen LogP contribution in [0, 0.1) is 5.92 Å². The number of nitrogens with zero attached hydrogens (tertiary/aromatic N) is 2. The highest BCUT2D eigenvalue weighted by atomic mass is 35.5. The molecule has 0 radical (unpaired) electrons. The number of carbonyl (C=O) groups is 4. The molecule has 1 heterocycles. The van der Waals surface area contributed by atoms with Gasteiger partial charge in [0.25, 0.3) is 5.91 Å². The van der Waals surface area contributed by atoms with Crippen molar-refractivity contribution >= 4 is 35.5 Å². The van der Waals surface area contributed by atoms with Crippen LogP contribution in [-0.2, 0) is 38.6 Å². The van der Waals surface area contributed by atoms with Crippen molar-refractivity contribution in [2.45, 2.75) is 57.2 Å². The summed E-state index contributed by atoms with van der Waals surface area (Å²) in [6, 6.07) is 21.9. The summed E-state index contributed by atoms with van der Waals surface area (Å²) < 4.78 is 6.29. The molecule has 4 rings (SSSR count). The molecule has 0 saturated heterocycles. The Hall–Kier alpha value is -5.33. The van der Waals surface area contributed by atoms with Crippen LogP contribution in [-0.4, -0.2) is 66.4 Å². The first-order chi connectivity index (χ1) is 24.0. The number of ether oxygens (including phenoxy) is 1. The summed E-state index contributed by atoms with van der Waals surface area (Å²) in [5, 5.41) is 43.6. The molecule has 1 unspecified atom stereocenters. The third kappa shape index (κ3) is 9.64. The van der Waals surface area contributed by atoms with Crippen LogP contribution in [0.25, 0.3) is 0 Å². The minimum absolute atomic E-state index is 0.0462. The molecule has 0 aliphatic rings. The third-order valence-corrected chi connectivity index (χ3v) is 8.72. The number of aromatic hydroxyl groups is 2. The van der Waals surface area contributed by atoms with Crippen molar-refractivity contribution in [3.05, 3.63) is 118 Å². The van der Waals surface area contributed by atoms with Gasteiger partial charge < -0.3 is 30.9 Å². The van der Waals surface area contributed by atoms with Gasteiger partial charge >= 0.3 is 18.0 Å². The molecule has 12 nitrogen and oxygen atoms in total. The topological polar surface area (TPSA) is 193 Å². The van der Waals surface area contributed by atoms with Crippen LogP contribution in [0.5, 0.6) is 11.8 Å². The van der Waals surface area contributed by atoms with E-state index >= 15 is 0 Å². The Kier molecular flexibility index (Phi) is 13.4. The largest absolute Gasteiger partial charge is 0.494 e. The normalized spacial score (nSPS) is 12.8. The summed E-state index contributed by atoms with van der Waals surface area (Å²) in [6.07, 6.45) is -1.34. The van der Waals surface area contributed by atoms with Gasteiger partial charge in [-0.1, -0.05) is 90.5 Å². The van der Waals surface area contributed by atoms with E-state index < -0.39 is 66.7 Å². The van der Waals surface area contributed by atoms with Crippen molar-refractivity contribution < 1.29 is 44.3 Å². The number of halogens is 1. The number of amides is 2. The van der Waals surface area contributed by atoms with Gasteiger partial charge in [-0.3, -0.25) is 14.2 Å². The molecule has 3 aromatic carbocycles. The number of aliphatic carboxylic acids is 2. The second kappa shape index (κ2) is 17.9. The summed E-state index contributed by atoms with van der Waals surface area (Å²) >= 11 is 6.23. The van der Waals surface area contributed by atoms with E-state index in [2.05, 4.69) is 0 Å². The molecular weight excluding hydrogens is 666 g/mol. The van der Waals surface area contributed by atoms with Crippen LogP contribution >= 0.6 is 11.6 Å². The maximum absolute atomic E-state index is 14.7. The van der Waals surface area contributed by atoms with Crippen LogP contribution in [0.4, 0.5) is 4.79 Å². The van der Waals surface area contributed by atoms with E-state index in [1.54, 1.807) is 78.9 Å². The monoisotopic (exact) mass is 705 g/mol. The molecule has 6 N–H and O–H groups in total. The minimum Gasteiger partial charge on any atom is -0.494 e. The van der Waals surface area contributed by atoms with Gasteiger partial charge in [-0.05, 0) is 55.8 Å². The van der Waals surface area contributed by atoms with Crippen molar-refractivity contribution in [2.75, 3.05) is 6.54 Å². The Morgan fingerprint density at radius 2 is 1.44 bits per heavy atom. The number of unbranched alkanes of at least 4 members (excludes halogenated alkanes) is 1. The van der Waals surface area contributed by atoms with E-state index in [0.717, 1.165) is 10.1 Å². The molecule has 0 bridgehead atoms. The second-order valence-electron chi connectivity index (χ2n) is 11.9. The predicted octanol–water partition coefficient (Wildman–Crippen LogP) is 5.77. The number of carboxylic acids is 2. The van der Waals surface area contributed by atoms with Crippen molar-refractivity contribution in [3.63, 3.8) is 0 Å². The number of aromatic nitrogens is 1. The Morgan fingerprint density at radius 1 is 0.820 bits per heavy atom. The quantitative estimate of drug-likeness (QED) is 0.0843. The molecule has 13 heteroatoms. The van der Waals surface area contributed by atoms with Crippen LogP contribution in [0.3, 0.4) is 0 Å². The fourth-order valence-corrected chi connectivity index (χ4v) is 5.95. The molecule has 4 aromatic rings. The smallest absolute Gasteiger partial charge is 0.417 e. The lowest BCUT2D eigenvalue weighted by molar-refractivity contribution is -0.151. The molecule has 50 heavy (non-hydrogen) atoms. The number of rotatable bonds is 17. The van der Waals surface area contributed by atoms with E-state index in [-0.39, 0.29) is 42.8 Å². The van der Waals surface area contributed by atoms with Crippen LogP contribution in [0.1, 0.15) is 54.0 Å². The fraction of sp³-hybridized carbons (Fsp3) is 0.297. The molecule has 0 spiro atoms. The van der Waals surface area contributed by atoms with Crippen molar-refractivity contribution in [1.82, 2.24) is 9.47 Å². The summed E-state index contributed by atoms with van der Waals surface area (Å²) in [5.74, 6) is -6.41. The van der Waals surface area contributed by atoms with Crippen LogP contribution in [0.2, 0.25) is 5.02 Å². The van der Waals surface area contributed by atoms with E-state index in [1.165, 1.54) is 6.07 Å². The zero-order valence-corrected chi connectivity index (χ0v) is 28.0. The molecule has 1 aromatic heterocycles. The molecule has 0 aliphatic heterocycles. The van der Waals surface area contributed by atoms with Gasteiger partial charge in [0.2, 0.25) is 0 Å². The average Bonchev–Trinajstić information content (AvgIpc) is 3.37. The van der Waals surface area contributed by atoms with E-state index in [0.29, 0.717) is 22.4 Å². The van der Waals surface area contributed by atoms with Gasteiger partial charge in [0.05, 0.1) is 5.92 Å². The lowest BCUT2D eigenvalue weighted by Crippen LogP contribution is -2.51. The van der Waals surface area contributed by atoms with Crippen LogP contribution in [0.15, 0.2) is 91.0 Å². The highest BCUT2D eigenvalue weighted by Crippen LogP contribution is 2.38. The molecule has 0 aliphatic carbocycles. The lowest BCUT2D eigenvalue weighted by atomic mass is 9.91.